The van der Waals surface area contributed by atoms with Gasteiger partial charge < -0.3 is 11.5 Å². The molecule has 0 atom stereocenters. The molecule has 26 heavy (non-hydrogen) atoms. The fourth-order valence-electron chi connectivity index (χ4n) is 2.98. The van der Waals surface area contributed by atoms with Gasteiger partial charge in [-0.2, -0.15) is 9.67 Å². The molecule has 148 valence electrons. The molecule has 0 spiro atoms. The molecule has 6 heteroatoms. The normalized spacial score (nSPS) is 11.4. The molecule has 0 bridgehead atoms. The van der Waals surface area contributed by atoms with Crippen molar-refractivity contribution in [1.82, 2.24) is 14.8 Å². The summed E-state index contributed by atoms with van der Waals surface area (Å²) < 4.78 is 1.10. The SMILES string of the molecule is CCCCCCCCC=CCCCCCCCC(=O)n1nc(N)nc1N. The predicted molar refractivity (Wildman–Crippen MR) is 109 cm³/mol. The molecule has 1 aromatic rings. The molecule has 0 saturated carbocycles. The maximum Gasteiger partial charge on any atom is 0.250 e. The summed E-state index contributed by atoms with van der Waals surface area (Å²) in [4.78, 5) is 15.7. The summed E-state index contributed by atoms with van der Waals surface area (Å²) >= 11 is 0. The third kappa shape index (κ3) is 10.2. The summed E-state index contributed by atoms with van der Waals surface area (Å²) in [5.41, 5.74) is 11.0. The second-order valence-electron chi connectivity index (χ2n) is 6.97. The molecule has 0 aromatic carbocycles. The number of hydrogen-bond donors (Lipinski definition) is 2. The van der Waals surface area contributed by atoms with Crippen molar-refractivity contribution < 1.29 is 4.79 Å². The van der Waals surface area contributed by atoms with Crippen molar-refractivity contribution in [1.29, 1.82) is 0 Å². The van der Waals surface area contributed by atoms with Gasteiger partial charge in [-0.1, -0.05) is 70.4 Å². The highest BCUT2D eigenvalue weighted by Crippen LogP contribution is 2.11. The molecule has 0 amide bonds. The number of nitrogens with zero attached hydrogens (tertiary/aromatic N) is 3. The van der Waals surface area contributed by atoms with E-state index in [-0.39, 0.29) is 17.8 Å². The number of carbonyl (C=O) groups is 1. The van der Waals surface area contributed by atoms with E-state index in [1.165, 1.54) is 64.2 Å². The lowest BCUT2D eigenvalue weighted by Gasteiger charge is -2.02. The van der Waals surface area contributed by atoms with Gasteiger partial charge in [0, 0.05) is 6.42 Å². The molecule has 0 radical (unpaired) electrons. The van der Waals surface area contributed by atoms with E-state index in [9.17, 15) is 4.79 Å². The average molecular weight is 364 g/mol. The van der Waals surface area contributed by atoms with E-state index in [0.717, 1.165) is 23.9 Å². The van der Waals surface area contributed by atoms with Crippen molar-refractivity contribution in [3.63, 3.8) is 0 Å². The van der Waals surface area contributed by atoms with Gasteiger partial charge in [0.25, 0.3) is 0 Å². The molecule has 0 saturated heterocycles. The quantitative estimate of drug-likeness (QED) is 0.333. The van der Waals surface area contributed by atoms with Gasteiger partial charge in [0.05, 0.1) is 0 Å². The topological polar surface area (TPSA) is 99.8 Å². The first-order chi connectivity index (χ1) is 12.6. The van der Waals surface area contributed by atoms with Gasteiger partial charge in [0.2, 0.25) is 17.8 Å². The van der Waals surface area contributed by atoms with Crippen molar-refractivity contribution in [2.24, 2.45) is 0 Å². The largest absolute Gasteiger partial charge is 0.368 e. The van der Waals surface area contributed by atoms with E-state index in [0.29, 0.717) is 6.42 Å². The lowest BCUT2D eigenvalue weighted by Crippen LogP contribution is -2.15. The molecule has 1 aromatic heterocycles. The second kappa shape index (κ2) is 14.3. The lowest BCUT2D eigenvalue weighted by molar-refractivity contribution is 0.0886. The van der Waals surface area contributed by atoms with Crippen molar-refractivity contribution in [2.45, 2.75) is 96.8 Å². The van der Waals surface area contributed by atoms with Crippen LogP contribution in [0.1, 0.15) is 102 Å². The summed E-state index contributed by atoms with van der Waals surface area (Å²) in [6.07, 6.45) is 21.2. The van der Waals surface area contributed by atoms with Gasteiger partial charge in [-0.25, -0.2) is 0 Å². The fourth-order valence-corrected chi connectivity index (χ4v) is 2.98. The number of nitrogens with two attached hydrogens (primary N) is 2. The molecule has 1 rings (SSSR count). The third-order valence-electron chi connectivity index (χ3n) is 4.54. The maximum absolute atomic E-state index is 11.9. The highest BCUT2D eigenvalue weighted by molar-refractivity contribution is 5.80. The van der Waals surface area contributed by atoms with Crippen LogP contribution in [0.5, 0.6) is 0 Å². The highest BCUT2D eigenvalue weighted by atomic mass is 16.2. The van der Waals surface area contributed by atoms with Crippen molar-refractivity contribution >= 4 is 17.8 Å². The molecule has 1 heterocycles. The molecule has 0 aliphatic rings. The van der Waals surface area contributed by atoms with Crippen molar-refractivity contribution in [3.05, 3.63) is 12.2 Å². The second-order valence-corrected chi connectivity index (χ2v) is 6.97. The Morgan fingerprint density at radius 1 is 0.885 bits per heavy atom. The van der Waals surface area contributed by atoms with E-state index in [1.807, 2.05) is 0 Å². The Bertz CT molecular complexity index is 524. The monoisotopic (exact) mass is 363 g/mol. The minimum atomic E-state index is -0.135. The first-order valence-corrected chi connectivity index (χ1v) is 10.3. The lowest BCUT2D eigenvalue weighted by atomic mass is 10.1. The Hall–Kier alpha value is -1.85. The van der Waals surface area contributed by atoms with Crippen LogP contribution in [0.15, 0.2) is 12.2 Å². The van der Waals surface area contributed by atoms with Crippen LogP contribution in [-0.2, 0) is 0 Å². The van der Waals surface area contributed by atoms with E-state index >= 15 is 0 Å². The summed E-state index contributed by atoms with van der Waals surface area (Å²) in [6.45, 7) is 2.26. The number of rotatable bonds is 15. The first-order valence-electron chi connectivity index (χ1n) is 10.3. The zero-order valence-corrected chi connectivity index (χ0v) is 16.5. The summed E-state index contributed by atoms with van der Waals surface area (Å²) in [6, 6.07) is 0. The summed E-state index contributed by atoms with van der Waals surface area (Å²) in [7, 11) is 0. The summed E-state index contributed by atoms with van der Waals surface area (Å²) in [5.74, 6) is -0.0232. The molecule has 0 unspecified atom stereocenters. The average Bonchev–Trinajstić information content (AvgIpc) is 2.96. The van der Waals surface area contributed by atoms with Gasteiger partial charge >= 0.3 is 0 Å². The number of aromatic nitrogens is 3. The minimum absolute atomic E-state index is 0.0420. The predicted octanol–water partition coefficient (Wildman–Crippen LogP) is 5.12. The molecule has 0 aliphatic heterocycles. The van der Waals surface area contributed by atoms with Crippen LogP contribution in [0.25, 0.3) is 0 Å². The first kappa shape index (κ1) is 22.2. The van der Waals surface area contributed by atoms with E-state index in [1.54, 1.807) is 0 Å². The fraction of sp³-hybridized carbons (Fsp3) is 0.750. The van der Waals surface area contributed by atoms with Crippen LogP contribution in [0.2, 0.25) is 0 Å². The van der Waals surface area contributed by atoms with Crippen LogP contribution < -0.4 is 11.5 Å². The molecule has 0 aliphatic carbocycles. The number of hydrogen-bond acceptors (Lipinski definition) is 5. The maximum atomic E-state index is 11.9. The number of carbonyl (C=O) groups excluding carboxylic acids is 1. The molecule has 4 N–H and O–H groups in total. The van der Waals surface area contributed by atoms with Gasteiger partial charge in [-0.3, -0.25) is 4.79 Å². The number of allylic oxidation sites excluding steroid dienone is 2. The zero-order valence-electron chi connectivity index (χ0n) is 16.5. The number of anilines is 2. The van der Waals surface area contributed by atoms with Crippen LogP contribution in [0, 0.1) is 0 Å². The molecule has 0 fully saturated rings. The molecular formula is C20H37N5O. The molecule has 6 nitrogen and oxygen atoms in total. The van der Waals surface area contributed by atoms with Gasteiger partial charge in [-0.15, -0.1) is 5.10 Å². The number of unbranched alkanes of at least 4 members (excludes halogenated alkanes) is 11. The Morgan fingerprint density at radius 2 is 1.42 bits per heavy atom. The Labute approximate surface area is 158 Å². The van der Waals surface area contributed by atoms with Gasteiger partial charge in [-0.05, 0) is 32.1 Å². The van der Waals surface area contributed by atoms with Crippen LogP contribution in [-0.4, -0.2) is 20.7 Å². The Kier molecular flexibility index (Phi) is 12.2. The van der Waals surface area contributed by atoms with Crippen LogP contribution in [0.4, 0.5) is 11.9 Å². The van der Waals surface area contributed by atoms with Crippen LogP contribution >= 0.6 is 0 Å². The van der Waals surface area contributed by atoms with Gasteiger partial charge in [0.15, 0.2) is 0 Å². The third-order valence-corrected chi connectivity index (χ3v) is 4.54. The van der Waals surface area contributed by atoms with Gasteiger partial charge in [0.1, 0.15) is 0 Å². The Balaban J connectivity index is 1.89. The Morgan fingerprint density at radius 3 is 1.96 bits per heavy atom. The zero-order chi connectivity index (χ0) is 19.0. The van der Waals surface area contributed by atoms with Crippen molar-refractivity contribution in [3.8, 4) is 0 Å². The number of nitrogen functional groups attached to an aromatic ring is 2. The van der Waals surface area contributed by atoms with E-state index < -0.39 is 0 Å². The standard InChI is InChI=1S/C20H37N5O/c1-2-3-4-5-6-7-8-9-10-11-12-13-14-15-16-17-18(26)25-20(22)23-19(21)24-25/h9-10H,2-8,11-17H2,1H3,(H4,21,22,23,24). The minimum Gasteiger partial charge on any atom is -0.368 e. The van der Waals surface area contributed by atoms with E-state index in [2.05, 4.69) is 29.2 Å². The van der Waals surface area contributed by atoms with Crippen LogP contribution in [0.3, 0.4) is 0 Å². The molecular weight excluding hydrogens is 326 g/mol. The van der Waals surface area contributed by atoms with Crippen molar-refractivity contribution in [2.75, 3.05) is 11.5 Å². The highest BCUT2D eigenvalue weighted by Gasteiger charge is 2.11. The van der Waals surface area contributed by atoms with E-state index in [4.69, 9.17) is 11.5 Å². The smallest absolute Gasteiger partial charge is 0.250 e. The summed E-state index contributed by atoms with van der Waals surface area (Å²) in [5, 5.41) is 3.80.